The minimum Gasteiger partial charge on any atom is -0.333 e. The Bertz CT molecular complexity index is 226. The van der Waals surface area contributed by atoms with Gasteiger partial charge in [-0.1, -0.05) is 19.3 Å². The number of hydrogen-bond acceptors (Lipinski definition) is 2. The van der Waals surface area contributed by atoms with E-state index in [-0.39, 0.29) is 12.1 Å². The van der Waals surface area contributed by atoms with Gasteiger partial charge in [0.05, 0.1) is 0 Å². The summed E-state index contributed by atoms with van der Waals surface area (Å²) in [5.41, 5.74) is 5.51. The number of carbonyl (C=O) groups excluding carboxylic acids is 1. The Kier molecular flexibility index (Phi) is 3.46. The third kappa shape index (κ3) is 2.43. The van der Waals surface area contributed by atoms with Crippen LogP contribution in [-0.4, -0.2) is 36.1 Å². The molecular weight excluding hydrogens is 190 g/mol. The first kappa shape index (κ1) is 10.7. The fraction of sp³-hybridized carbons (Fsp3) is 0.909. The van der Waals surface area contributed by atoms with Crippen molar-refractivity contribution in [3.05, 3.63) is 0 Å². The first-order valence-corrected chi connectivity index (χ1v) is 6.08. The Balaban J connectivity index is 1.89. The molecule has 86 valence electrons. The maximum absolute atomic E-state index is 11.7. The van der Waals surface area contributed by atoms with Crippen LogP contribution in [0.2, 0.25) is 0 Å². The number of amides is 2. The lowest BCUT2D eigenvalue weighted by molar-refractivity contribution is 0.178. The van der Waals surface area contributed by atoms with Gasteiger partial charge in [0, 0.05) is 18.6 Å². The minimum atomic E-state index is 0.125. The lowest BCUT2D eigenvalue weighted by atomic mass is 9.94. The van der Waals surface area contributed by atoms with Gasteiger partial charge in [0.15, 0.2) is 0 Å². The maximum atomic E-state index is 11.7. The van der Waals surface area contributed by atoms with Gasteiger partial charge in [-0.2, -0.15) is 0 Å². The summed E-state index contributed by atoms with van der Waals surface area (Å²) in [7, 11) is 0. The van der Waals surface area contributed by atoms with E-state index in [1.807, 2.05) is 4.90 Å². The third-order valence-corrected chi connectivity index (χ3v) is 3.54. The van der Waals surface area contributed by atoms with Crippen LogP contribution in [0.1, 0.15) is 38.5 Å². The standard InChI is InChI=1S/C11H21N3O/c12-7-6-9-8-14(11(15)13-9)10-4-2-1-3-5-10/h9-10H,1-8,12H2,(H,13,15). The van der Waals surface area contributed by atoms with Gasteiger partial charge < -0.3 is 16.0 Å². The molecule has 1 aliphatic heterocycles. The van der Waals surface area contributed by atoms with Crippen LogP contribution in [-0.2, 0) is 0 Å². The summed E-state index contributed by atoms with van der Waals surface area (Å²) in [5, 5.41) is 3.01. The van der Waals surface area contributed by atoms with E-state index in [4.69, 9.17) is 5.73 Å². The largest absolute Gasteiger partial charge is 0.333 e. The molecule has 0 aromatic rings. The lowest BCUT2D eigenvalue weighted by Crippen LogP contribution is -2.39. The molecule has 3 N–H and O–H groups in total. The predicted octanol–water partition coefficient (Wildman–Crippen LogP) is 1.06. The molecule has 4 heteroatoms. The van der Waals surface area contributed by atoms with Gasteiger partial charge in [0.1, 0.15) is 0 Å². The predicted molar refractivity (Wildman–Crippen MR) is 59.6 cm³/mol. The Labute approximate surface area is 91.2 Å². The van der Waals surface area contributed by atoms with E-state index in [2.05, 4.69) is 5.32 Å². The Morgan fingerprint density at radius 3 is 2.73 bits per heavy atom. The molecule has 2 fully saturated rings. The second kappa shape index (κ2) is 4.84. The summed E-state index contributed by atoms with van der Waals surface area (Å²) in [4.78, 5) is 13.8. The molecule has 1 unspecified atom stereocenters. The van der Waals surface area contributed by atoms with Crippen molar-refractivity contribution in [2.45, 2.75) is 50.6 Å². The molecule has 2 amide bonds. The van der Waals surface area contributed by atoms with Crippen molar-refractivity contribution in [2.24, 2.45) is 5.73 Å². The SMILES string of the molecule is NCCC1CN(C2CCCCC2)C(=O)N1. The van der Waals surface area contributed by atoms with Gasteiger partial charge >= 0.3 is 6.03 Å². The molecule has 1 saturated carbocycles. The van der Waals surface area contributed by atoms with Crippen LogP contribution in [0.25, 0.3) is 0 Å². The van der Waals surface area contributed by atoms with E-state index in [1.165, 1.54) is 32.1 Å². The van der Waals surface area contributed by atoms with E-state index in [9.17, 15) is 4.79 Å². The van der Waals surface area contributed by atoms with Crippen molar-refractivity contribution in [3.8, 4) is 0 Å². The number of nitrogens with two attached hydrogens (primary N) is 1. The van der Waals surface area contributed by atoms with Gasteiger partial charge in [-0.15, -0.1) is 0 Å². The molecule has 2 rings (SSSR count). The Hall–Kier alpha value is -0.770. The van der Waals surface area contributed by atoms with Gasteiger partial charge in [-0.05, 0) is 25.8 Å². The van der Waals surface area contributed by atoms with Crippen molar-refractivity contribution < 1.29 is 4.79 Å². The summed E-state index contributed by atoms with van der Waals surface area (Å²) < 4.78 is 0. The van der Waals surface area contributed by atoms with Crippen LogP contribution in [0.3, 0.4) is 0 Å². The van der Waals surface area contributed by atoms with E-state index in [0.29, 0.717) is 12.6 Å². The maximum Gasteiger partial charge on any atom is 0.317 e. The number of hydrogen-bond donors (Lipinski definition) is 2. The van der Waals surface area contributed by atoms with Crippen LogP contribution in [0, 0.1) is 0 Å². The van der Waals surface area contributed by atoms with Crippen LogP contribution in [0.5, 0.6) is 0 Å². The first-order valence-electron chi connectivity index (χ1n) is 6.08. The van der Waals surface area contributed by atoms with Crippen molar-refractivity contribution in [1.82, 2.24) is 10.2 Å². The van der Waals surface area contributed by atoms with Gasteiger partial charge in [0.2, 0.25) is 0 Å². The van der Waals surface area contributed by atoms with E-state index < -0.39 is 0 Å². The number of rotatable bonds is 3. The fourth-order valence-corrected chi connectivity index (χ4v) is 2.70. The summed E-state index contributed by atoms with van der Waals surface area (Å²) in [6.45, 7) is 1.52. The Morgan fingerprint density at radius 1 is 1.33 bits per heavy atom. The van der Waals surface area contributed by atoms with Crippen LogP contribution >= 0.6 is 0 Å². The molecule has 1 atom stereocenters. The van der Waals surface area contributed by atoms with Crippen LogP contribution in [0.4, 0.5) is 4.79 Å². The quantitative estimate of drug-likeness (QED) is 0.733. The summed E-state index contributed by atoms with van der Waals surface area (Å²) >= 11 is 0. The van der Waals surface area contributed by atoms with Gasteiger partial charge in [0.25, 0.3) is 0 Å². The van der Waals surface area contributed by atoms with Gasteiger partial charge in [-0.3, -0.25) is 0 Å². The molecule has 0 aromatic heterocycles. The number of carbonyl (C=O) groups is 1. The minimum absolute atomic E-state index is 0.125. The summed E-state index contributed by atoms with van der Waals surface area (Å²) in [5.74, 6) is 0. The van der Waals surface area contributed by atoms with Gasteiger partial charge in [-0.25, -0.2) is 4.79 Å². The molecule has 0 aromatic carbocycles. The average Bonchev–Trinajstić information content (AvgIpc) is 2.61. The molecule has 15 heavy (non-hydrogen) atoms. The summed E-state index contributed by atoms with van der Waals surface area (Å²) in [6.07, 6.45) is 7.14. The average molecular weight is 211 g/mol. The number of nitrogens with zero attached hydrogens (tertiary/aromatic N) is 1. The normalized spacial score (nSPS) is 28.2. The molecule has 0 radical (unpaired) electrons. The van der Waals surface area contributed by atoms with Crippen LogP contribution < -0.4 is 11.1 Å². The zero-order chi connectivity index (χ0) is 10.7. The van der Waals surface area contributed by atoms with E-state index in [0.717, 1.165) is 13.0 Å². The molecule has 2 aliphatic rings. The third-order valence-electron chi connectivity index (χ3n) is 3.54. The van der Waals surface area contributed by atoms with Crippen molar-refractivity contribution in [3.63, 3.8) is 0 Å². The zero-order valence-electron chi connectivity index (χ0n) is 9.24. The highest BCUT2D eigenvalue weighted by molar-refractivity contribution is 5.77. The number of nitrogens with one attached hydrogen (secondary N) is 1. The monoisotopic (exact) mass is 211 g/mol. The Morgan fingerprint density at radius 2 is 2.07 bits per heavy atom. The van der Waals surface area contributed by atoms with E-state index >= 15 is 0 Å². The van der Waals surface area contributed by atoms with Crippen molar-refractivity contribution in [1.29, 1.82) is 0 Å². The van der Waals surface area contributed by atoms with E-state index in [1.54, 1.807) is 0 Å². The molecule has 0 spiro atoms. The highest BCUT2D eigenvalue weighted by Gasteiger charge is 2.33. The number of urea groups is 1. The molecular formula is C11H21N3O. The smallest absolute Gasteiger partial charge is 0.317 e. The summed E-state index contributed by atoms with van der Waals surface area (Å²) in [6, 6.07) is 0.895. The molecule has 0 bridgehead atoms. The molecule has 1 heterocycles. The van der Waals surface area contributed by atoms with Crippen molar-refractivity contribution in [2.75, 3.05) is 13.1 Å². The second-order valence-electron chi connectivity index (χ2n) is 4.67. The van der Waals surface area contributed by atoms with Crippen molar-refractivity contribution >= 4 is 6.03 Å². The molecule has 1 aliphatic carbocycles. The second-order valence-corrected chi connectivity index (χ2v) is 4.67. The molecule has 4 nitrogen and oxygen atoms in total. The first-order chi connectivity index (χ1) is 7.31. The molecule has 1 saturated heterocycles. The fourth-order valence-electron chi connectivity index (χ4n) is 2.70. The highest BCUT2D eigenvalue weighted by Crippen LogP contribution is 2.24. The lowest BCUT2D eigenvalue weighted by Gasteiger charge is -2.30. The highest BCUT2D eigenvalue weighted by atomic mass is 16.2. The van der Waals surface area contributed by atoms with Crippen LogP contribution in [0.15, 0.2) is 0 Å². The topological polar surface area (TPSA) is 58.4 Å². The zero-order valence-corrected chi connectivity index (χ0v) is 9.24.